The first-order valence-electron chi connectivity index (χ1n) is 6.77. The number of para-hydroxylation sites is 1. The number of nitrogens with two attached hydrogens (primary N) is 1. The summed E-state index contributed by atoms with van der Waals surface area (Å²) in [6.45, 7) is 0.522. The Morgan fingerprint density at radius 1 is 1.19 bits per heavy atom. The average Bonchev–Trinajstić information content (AvgIpc) is 2.51. The quantitative estimate of drug-likeness (QED) is 0.592. The van der Waals surface area contributed by atoms with E-state index in [1.807, 2.05) is 30.3 Å². The van der Waals surface area contributed by atoms with E-state index in [1.165, 1.54) is 6.07 Å². The Kier molecular flexibility index (Phi) is 6.17. The van der Waals surface area contributed by atoms with Crippen molar-refractivity contribution in [3.8, 4) is 5.75 Å². The fourth-order valence-corrected chi connectivity index (χ4v) is 2.45. The van der Waals surface area contributed by atoms with Crippen molar-refractivity contribution in [3.05, 3.63) is 64.4 Å². The Bertz CT molecular complexity index is 565. The predicted molar refractivity (Wildman–Crippen MR) is 85.5 cm³/mol. The van der Waals surface area contributed by atoms with Gasteiger partial charge in [0.15, 0.2) is 0 Å². The maximum atomic E-state index is 13.7. The van der Waals surface area contributed by atoms with Crippen LogP contribution in [0.25, 0.3) is 0 Å². The van der Waals surface area contributed by atoms with Gasteiger partial charge < -0.3 is 4.74 Å². The smallest absolute Gasteiger partial charge is 0.126 e. The van der Waals surface area contributed by atoms with E-state index >= 15 is 0 Å². The summed E-state index contributed by atoms with van der Waals surface area (Å²) in [6, 6.07) is 14.5. The number of rotatable bonds is 7. The first-order chi connectivity index (χ1) is 10.2. The van der Waals surface area contributed by atoms with Crippen LogP contribution >= 0.6 is 15.9 Å². The second kappa shape index (κ2) is 8.12. The third-order valence-corrected chi connectivity index (χ3v) is 3.68. The number of benzene rings is 2. The third kappa shape index (κ3) is 5.12. The van der Waals surface area contributed by atoms with Crippen LogP contribution in [0.5, 0.6) is 5.75 Å². The third-order valence-electron chi connectivity index (χ3n) is 3.19. The normalized spacial score (nSPS) is 12.1. The molecule has 5 heteroatoms. The van der Waals surface area contributed by atoms with Gasteiger partial charge in [-0.25, -0.2) is 4.39 Å². The molecule has 0 aromatic heterocycles. The van der Waals surface area contributed by atoms with E-state index in [9.17, 15) is 4.39 Å². The summed E-state index contributed by atoms with van der Waals surface area (Å²) >= 11 is 3.35. The second-order valence-electron chi connectivity index (χ2n) is 4.75. The predicted octanol–water partition coefficient (Wildman–Crippen LogP) is 3.43. The Balaban J connectivity index is 1.87. The lowest BCUT2D eigenvalue weighted by Crippen LogP contribution is -2.38. The van der Waals surface area contributed by atoms with Crippen molar-refractivity contribution in [2.45, 2.75) is 18.9 Å². The average molecular weight is 353 g/mol. The summed E-state index contributed by atoms with van der Waals surface area (Å²) in [7, 11) is 0. The number of ether oxygens (including phenoxy) is 1. The SMILES string of the molecule is NNC(CCOc1ccccc1)Cc1cc(Br)ccc1F. The van der Waals surface area contributed by atoms with Gasteiger partial charge in [-0.1, -0.05) is 34.1 Å². The number of hydrazine groups is 1. The molecule has 2 aromatic carbocycles. The molecule has 3 N–H and O–H groups in total. The van der Waals surface area contributed by atoms with E-state index < -0.39 is 0 Å². The van der Waals surface area contributed by atoms with Crippen LogP contribution in [0, 0.1) is 5.82 Å². The van der Waals surface area contributed by atoms with E-state index in [2.05, 4.69) is 21.4 Å². The number of hydrogen-bond donors (Lipinski definition) is 2. The zero-order valence-electron chi connectivity index (χ0n) is 11.6. The minimum absolute atomic E-state index is 0.0440. The molecule has 0 saturated heterocycles. The van der Waals surface area contributed by atoms with Crippen LogP contribution < -0.4 is 16.0 Å². The maximum absolute atomic E-state index is 13.7. The zero-order chi connectivity index (χ0) is 15.1. The molecular formula is C16H18BrFN2O. The van der Waals surface area contributed by atoms with Crippen LogP contribution in [0.1, 0.15) is 12.0 Å². The Morgan fingerprint density at radius 2 is 1.95 bits per heavy atom. The highest BCUT2D eigenvalue weighted by Gasteiger charge is 2.12. The van der Waals surface area contributed by atoms with Crippen LogP contribution in [-0.2, 0) is 6.42 Å². The van der Waals surface area contributed by atoms with E-state index in [1.54, 1.807) is 12.1 Å². The van der Waals surface area contributed by atoms with E-state index in [0.717, 1.165) is 10.2 Å². The van der Waals surface area contributed by atoms with Crippen molar-refractivity contribution < 1.29 is 9.13 Å². The van der Waals surface area contributed by atoms with Crippen LogP contribution in [0.4, 0.5) is 4.39 Å². The van der Waals surface area contributed by atoms with Gasteiger partial charge in [0.25, 0.3) is 0 Å². The molecule has 0 aliphatic carbocycles. The van der Waals surface area contributed by atoms with Crippen molar-refractivity contribution in [3.63, 3.8) is 0 Å². The summed E-state index contributed by atoms with van der Waals surface area (Å²) in [5, 5.41) is 0. The minimum Gasteiger partial charge on any atom is -0.494 e. The molecule has 0 aliphatic rings. The van der Waals surface area contributed by atoms with Crippen LogP contribution in [0.3, 0.4) is 0 Å². The van der Waals surface area contributed by atoms with E-state index in [4.69, 9.17) is 10.6 Å². The molecule has 0 amide bonds. The van der Waals surface area contributed by atoms with E-state index in [-0.39, 0.29) is 11.9 Å². The lowest BCUT2D eigenvalue weighted by molar-refractivity contribution is 0.284. The number of halogens is 2. The molecule has 1 unspecified atom stereocenters. The molecule has 0 radical (unpaired) electrons. The van der Waals surface area contributed by atoms with Crippen molar-refractivity contribution >= 4 is 15.9 Å². The highest BCUT2D eigenvalue weighted by atomic mass is 79.9. The lowest BCUT2D eigenvalue weighted by Gasteiger charge is -2.17. The molecule has 112 valence electrons. The summed E-state index contributed by atoms with van der Waals surface area (Å²) in [5.74, 6) is 6.15. The Morgan fingerprint density at radius 3 is 2.67 bits per heavy atom. The molecular weight excluding hydrogens is 335 g/mol. The van der Waals surface area contributed by atoms with Gasteiger partial charge in [0.2, 0.25) is 0 Å². The van der Waals surface area contributed by atoms with Crippen LogP contribution in [0.2, 0.25) is 0 Å². The molecule has 0 bridgehead atoms. The molecule has 0 fully saturated rings. The lowest BCUT2D eigenvalue weighted by atomic mass is 10.0. The molecule has 21 heavy (non-hydrogen) atoms. The minimum atomic E-state index is -0.220. The first-order valence-corrected chi connectivity index (χ1v) is 7.56. The van der Waals surface area contributed by atoms with Crippen LogP contribution in [0.15, 0.2) is 53.0 Å². The van der Waals surface area contributed by atoms with Crippen LogP contribution in [-0.4, -0.2) is 12.6 Å². The monoisotopic (exact) mass is 352 g/mol. The fraction of sp³-hybridized carbons (Fsp3) is 0.250. The zero-order valence-corrected chi connectivity index (χ0v) is 13.1. The summed E-state index contributed by atoms with van der Waals surface area (Å²) < 4.78 is 20.2. The molecule has 1 atom stereocenters. The van der Waals surface area contributed by atoms with Gasteiger partial charge in [0.05, 0.1) is 6.61 Å². The van der Waals surface area contributed by atoms with Gasteiger partial charge in [0, 0.05) is 10.5 Å². The van der Waals surface area contributed by atoms with Gasteiger partial charge in [-0.05, 0) is 48.7 Å². The highest BCUT2D eigenvalue weighted by Crippen LogP contribution is 2.18. The highest BCUT2D eigenvalue weighted by molar-refractivity contribution is 9.10. The second-order valence-corrected chi connectivity index (χ2v) is 5.67. The fourth-order valence-electron chi connectivity index (χ4n) is 2.05. The number of nitrogens with one attached hydrogen (secondary N) is 1. The first kappa shape index (κ1) is 15.9. The van der Waals surface area contributed by atoms with Gasteiger partial charge in [-0.15, -0.1) is 0 Å². The van der Waals surface area contributed by atoms with Gasteiger partial charge in [-0.3, -0.25) is 11.3 Å². The summed E-state index contributed by atoms with van der Waals surface area (Å²) in [4.78, 5) is 0. The van der Waals surface area contributed by atoms with Gasteiger partial charge >= 0.3 is 0 Å². The maximum Gasteiger partial charge on any atom is 0.126 e. The summed E-state index contributed by atoms with van der Waals surface area (Å²) in [5.41, 5.74) is 3.35. The molecule has 0 heterocycles. The largest absolute Gasteiger partial charge is 0.494 e. The molecule has 0 saturated carbocycles. The Hall–Kier alpha value is -1.43. The standard InChI is InChI=1S/C16H18BrFN2O/c17-13-6-7-16(18)12(10-13)11-14(20-19)8-9-21-15-4-2-1-3-5-15/h1-7,10,14,20H,8-9,11,19H2. The van der Waals surface area contributed by atoms with Gasteiger partial charge in [-0.2, -0.15) is 0 Å². The Labute approximate surface area is 132 Å². The number of hydrogen-bond acceptors (Lipinski definition) is 3. The topological polar surface area (TPSA) is 47.3 Å². The van der Waals surface area contributed by atoms with Crippen molar-refractivity contribution in [1.29, 1.82) is 0 Å². The molecule has 2 aromatic rings. The molecule has 0 spiro atoms. The van der Waals surface area contributed by atoms with Crippen molar-refractivity contribution in [2.75, 3.05) is 6.61 Å². The summed E-state index contributed by atoms with van der Waals surface area (Å²) in [6.07, 6.45) is 1.21. The molecule has 3 nitrogen and oxygen atoms in total. The van der Waals surface area contributed by atoms with Gasteiger partial charge in [0.1, 0.15) is 11.6 Å². The molecule has 2 rings (SSSR count). The van der Waals surface area contributed by atoms with E-state index in [0.29, 0.717) is 25.0 Å². The van der Waals surface area contributed by atoms with Crippen molar-refractivity contribution in [2.24, 2.45) is 5.84 Å². The molecule has 0 aliphatic heterocycles. The van der Waals surface area contributed by atoms with Crippen molar-refractivity contribution in [1.82, 2.24) is 5.43 Å².